The summed E-state index contributed by atoms with van der Waals surface area (Å²) in [5, 5.41) is 7.83. The molecule has 0 saturated heterocycles. The van der Waals surface area contributed by atoms with Crippen molar-refractivity contribution in [3.05, 3.63) is 29.7 Å². The largest absolute Gasteiger partial charge is 0.311 e. The van der Waals surface area contributed by atoms with Crippen molar-refractivity contribution < 1.29 is 0 Å². The molecule has 0 radical (unpaired) electrons. The fraction of sp³-hybridized carbons (Fsp3) is 0.600. The number of aromatic nitrogens is 5. The van der Waals surface area contributed by atoms with Crippen molar-refractivity contribution in [2.75, 3.05) is 6.54 Å². The van der Waals surface area contributed by atoms with E-state index >= 15 is 0 Å². The van der Waals surface area contributed by atoms with Crippen LogP contribution in [0.1, 0.15) is 45.0 Å². The monoisotopic (exact) mass is 288 g/mol. The minimum atomic E-state index is 0.631. The molecule has 1 N–H and O–H groups in total. The highest BCUT2D eigenvalue weighted by atomic mass is 15.4. The van der Waals surface area contributed by atoms with Gasteiger partial charge >= 0.3 is 0 Å². The van der Waals surface area contributed by atoms with E-state index in [1.54, 1.807) is 17.1 Å². The van der Waals surface area contributed by atoms with E-state index in [1.807, 2.05) is 6.92 Å². The van der Waals surface area contributed by atoms with Gasteiger partial charge in [0, 0.05) is 19.4 Å². The van der Waals surface area contributed by atoms with E-state index in [9.17, 15) is 0 Å². The Morgan fingerprint density at radius 2 is 1.95 bits per heavy atom. The first-order valence-corrected chi connectivity index (χ1v) is 7.60. The smallest absolute Gasteiger partial charge is 0.174 e. The summed E-state index contributed by atoms with van der Waals surface area (Å²) < 4.78 is 1.79. The lowest BCUT2D eigenvalue weighted by molar-refractivity contribution is 0.547. The van der Waals surface area contributed by atoms with Crippen LogP contribution in [0.2, 0.25) is 0 Å². The molecule has 0 unspecified atom stereocenters. The Morgan fingerprint density at radius 3 is 2.52 bits per heavy atom. The highest BCUT2D eigenvalue weighted by Gasteiger charge is 2.10. The molecule has 0 saturated carbocycles. The molecule has 0 atom stereocenters. The van der Waals surface area contributed by atoms with Gasteiger partial charge in [-0.1, -0.05) is 27.7 Å². The lowest BCUT2D eigenvalue weighted by Gasteiger charge is -2.07. The lowest BCUT2D eigenvalue weighted by Crippen LogP contribution is -2.20. The zero-order valence-electron chi connectivity index (χ0n) is 13.3. The molecule has 0 spiro atoms. The molecule has 2 aromatic rings. The molecule has 114 valence electrons. The Balaban J connectivity index is 2.09. The Kier molecular flexibility index (Phi) is 5.38. The Labute approximate surface area is 126 Å². The molecule has 0 aromatic carbocycles. The minimum absolute atomic E-state index is 0.631. The first-order chi connectivity index (χ1) is 10.1. The molecule has 6 nitrogen and oxygen atoms in total. The molecular formula is C15H24N6. The maximum Gasteiger partial charge on any atom is 0.174 e. The number of hydrogen-bond acceptors (Lipinski definition) is 5. The molecule has 2 heterocycles. The van der Waals surface area contributed by atoms with E-state index in [0.717, 1.165) is 49.1 Å². The second-order valence-corrected chi connectivity index (χ2v) is 5.45. The van der Waals surface area contributed by atoms with Gasteiger partial charge in [-0.3, -0.25) is 4.98 Å². The predicted molar refractivity (Wildman–Crippen MR) is 82.2 cm³/mol. The highest BCUT2D eigenvalue weighted by Crippen LogP contribution is 2.08. The average molecular weight is 288 g/mol. The summed E-state index contributed by atoms with van der Waals surface area (Å²) in [6, 6.07) is 0. The zero-order valence-corrected chi connectivity index (χ0v) is 13.3. The minimum Gasteiger partial charge on any atom is -0.311 e. The summed E-state index contributed by atoms with van der Waals surface area (Å²) in [7, 11) is 0. The van der Waals surface area contributed by atoms with Crippen LogP contribution in [0.5, 0.6) is 0 Å². The second-order valence-electron chi connectivity index (χ2n) is 5.45. The average Bonchev–Trinajstić information content (AvgIpc) is 2.91. The van der Waals surface area contributed by atoms with Gasteiger partial charge in [0.25, 0.3) is 0 Å². The van der Waals surface area contributed by atoms with Crippen molar-refractivity contribution in [3.63, 3.8) is 0 Å². The number of aryl methyl sites for hydroxylation is 2. The summed E-state index contributed by atoms with van der Waals surface area (Å²) >= 11 is 0. The Morgan fingerprint density at radius 1 is 1.14 bits per heavy atom. The predicted octanol–water partition coefficient (Wildman–Crippen LogP) is 1.93. The van der Waals surface area contributed by atoms with E-state index in [-0.39, 0.29) is 0 Å². The summed E-state index contributed by atoms with van der Waals surface area (Å²) in [4.78, 5) is 13.4. The third kappa shape index (κ3) is 4.07. The Bertz CT molecular complexity index is 558. The maximum atomic E-state index is 4.49. The molecule has 0 amide bonds. The third-order valence-electron chi connectivity index (χ3n) is 3.12. The quantitative estimate of drug-likeness (QED) is 0.843. The number of hydrogen-bond donors (Lipinski definition) is 1. The number of nitrogens with zero attached hydrogens (tertiary/aromatic N) is 5. The van der Waals surface area contributed by atoms with Crippen molar-refractivity contribution in [1.29, 1.82) is 0 Å². The van der Waals surface area contributed by atoms with Crippen LogP contribution in [0.3, 0.4) is 0 Å². The molecular weight excluding hydrogens is 264 g/mol. The van der Waals surface area contributed by atoms with E-state index in [1.165, 1.54) is 0 Å². The first-order valence-electron chi connectivity index (χ1n) is 7.60. The third-order valence-corrected chi connectivity index (χ3v) is 3.12. The summed E-state index contributed by atoms with van der Waals surface area (Å²) in [5.41, 5.74) is 0.938. The number of rotatable bonds is 7. The van der Waals surface area contributed by atoms with Gasteiger partial charge in [-0.2, -0.15) is 4.68 Å². The fourth-order valence-electron chi connectivity index (χ4n) is 1.99. The maximum absolute atomic E-state index is 4.49. The molecule has 0 bridgehead atoms. The van der Waals surface area contributed by atoms with Crippen molar-refractivity contribution in [3.8, 4) is 5.82 Å². The van der Waals surface area contributed by atoms with Crippen LogP contribution in [-0.4, -0.2) is 31.3 Å². The number of nitrogens with one attached hydrogen (secondary N) is 1. The first kappa shape index (κ1) is 15.6. The topological polar surface area (TPSA) is 68.5 Å². The van der Waals surface area contributed by atoms with Crippen LogP contribution < -0.4 is 5.32 Å². The zero-order chi connectivity index (χ0) is 15.2. The molecule has 0 fully saturated rings. The molecule has 21 heavy (non-hydrogen) atoms. The van der Waals surface area contributed by atoms with Crippen LogP contribution in [0, 0.1) is 5.92 Å². The molecule has 0 aliphatic rings. The van der Waals surface area contributed by atoms with Gasteiger partial charge in [0.05, 0.1) is 18.1 Å². The second kappa shape index (κ2) is 7.26. The van der Waals surface area contributed by atoms with E-state index in [2.05, 4.69) is 46.1 Å². The van der Waals surface area contributed by atoms with E-state index in [0.29, 0.717) is 5.92 Å². The molecule has 6 heteroatoms. The van der Waals surface area contributed by atoms with Crippen molar-refractivity contribution in [1.82, 2.24) is 30.0 Å². The van der Waals surface area contributed by atoms with Gasteiger partial charge in [0.15, 0.2) is 11.6 Å². The van der Waals surface area contributed by atoms with Crippen LogP contribution >= 0.6 is 0 Å². The van der Waals surface area contributed by atoms with Gasteiger partial charge in [-0.15, -0.1) is 5.10 Å². The molecule has 2 rings (SSSR count). The Hall–Kier alpha value is -1.82. The molecule has 2 aromatic heterocycles. The van der Waals surface area contributed by atoms with Crippen LogP contribution in [-0.2, 0) is 19.4 Å². The van der Waals surface area contributed by atoms with Gasteiger partial charge < -0.3 is 5.32 Å². The van der Waals surface area contributed by atoms with Crippen molar-refractivity contribution >= 4 is 0 Å². The van der Waals surface area contributed by atoms with Crippen molar-refractivity contribution in [2.45, 2.75) is 47.1 Å². The standard InChI is InChI=1S/C15H24N6/c1-5-13-19-14(6-2)21(20-13)15-10-17-12(9-18-15)8-16-7-11(3)4/h9-11,16H,5-8H2,1-4H3. The molecule has 0 aliphatic heterocycles. The van der Waals surface area contributed by atoms with Gasteiger partial charge in [-0.05, 0) is 12.5 Å². The molecule has 0 aliphatic carbocycles. The van der Waals surface area contributed by atoms with Crippen LogP contribution in [0.15, 0.2) is 12.4 Å². The fourth-order valence-corrected chi connectivity index (χ4v) is 1.99. The normalized spacial score (nSPS) is 11.3. The summed E-state index contributed by atoms with van der Waals surface area (Å²) in [6.07, 6.45) is 5.21. The van der Waals surface area contributed by atoms with E-state index < -0.39 is 0 Å². The van der Waals surface area contributed by atoms with Crippen molar-refractivity contribution in [2.24, 2.45) is 5.92 Å². The summed E-state index contributed by atoms with van der Waals surface area (Å²) in [6.45, 7) is 10.2. The highest BCUT2D eigenvalue weighted by molar-refractivity contribution is 5.20. The van der Waals surface area contributed by atoms with E-state index in [4.69, 9.17) is 0 Å². The summed E-state index contributed by atoms with van der Waals surface area (Å²) in [5.74, 6) is 3.13. The van der Waals surface area contributed by atoms with Gasteiger partial charge in [0.2, 0.25) is 0 Å². The van der Waals surface area contributed by atoms with Gasteiger partial charge in [0.1, 0.15) is 5.82 Å². The van der Waals surface area contributed by atoms with Gasteiger partial charge in [-0.25, -0.2) is 9.97 Å². The lowest BCUT2D eigenvalue weighted by atomic mass is 10.2. The SMILES string of the molecule is CCc1nc(CC)n(-c2cnc(CNCC(C)C)cn2)n1. The van der Waals surface area contributed by atoms with Crippen LogP contribution in [0.4, 0.5) is 0 Å². The van der Waals surface area contributed by atoms with Crippen LogP contribution in [0.25, 0.3) is 5.82 Å².